The van der Waals surface area contributed by atoms with Crippen molar-refractivity contribution in [3.8, 4) is 0 Å². The first-order chi connectivity index (χ1) is 15.7. The number of alkyl halides is 1. The minimum absolute atomic E-state index is 0.0761. The van der Waals surface area contributed by atoms with Crippen molar-refractivity contribution < 1.29 is 9.53 Å². The van der Waals surface area contributed by atoms with Crippen molar-refractivity contribution in [2.45, 2.75) is 118 Å². The summed E-state index contributed by atoms with van der Waals surface area (Å²) >= 11 is 5.77. The Morgan fingerprint density at radius 1 is 1.12 bits per heavy atom. The van der Waals surface area contributed by atoms with Gasteiger partial charge in [0.15, 0.2) is 0 Å². The van der Waals surface area contributed by atoms with Crippen LogP contribution in [0.2, 0.25) is 0 Å². The molecule has 4 rings (SSSR count). The summed E-state index contributed by atoms with van der Waals surface area (Å²) in [5.74, 6) is 5.31. The third-order valence-corrected chi connectivity index (χ3v) is 11.0. The monoisotopic (exact) mass is 476 g/mol. The molecule has 0 N–H and O–H groups in total. The van der Waals surface area contributed by atoms with Crippen LogP contribution in [0.4, 0.5) is 0 Å². The quantitative estimate of drug-likeness (QED) is 0.199. The lowest BCUT2D eigenvalue weighted by molar-refractivity contribution is -0.153. The van der Waals surface area contributed by atoms with Gasteiger partial charge in [-0.2, -0.15) is 0 Å². The highest BCUT2D eigenvalue weighted by Crippen LogP contribution is 2.67. The van der Waals surface area contributed by atoms with Gasteiger partial charge in [-0.05, 0) is 97.7 Å². The van der Waals surface area contributed by atoms with Gasteiger partial charge in [-0.1, -0.05) is 65.5 Å². The van der Waals surface area contributed by atoms with Gasteiger partial charge in [0.1, 0.15) is 6.10 Å². The summed E-state index contributed by atoms with van der Waals surface area (Å²) in [6, 6.07) is 0. The number of fused-ring (bicyclic) bond motifs is 5. The number of hydrogen-bond donors (Lipinski definition) is 0. The van der Waals surface area contributed by atoms with Crippen molar-refractivity contribution >= 4 is 17.6 Å². The van der Waals surface area contributed by atoms with Gasteiger partial charge in [0, 0.05) is 5.88 Å². The van der Waals surface area contributed by atoms with Gasteiger partial charge >= 0.3 is 5.97 Å². The van der Waals surface area contributed by atoms with E-state index in [-0.39, 0.29) is 17.5 Å². The highest BCUT2D eigenvalue weighted by atomic mass is 35.5. The molecule has 3 fully saturated rings. The number of allylic oxidation sites excluding steroid dienone is 2. The molecule has 8 atom stereocenters. The lowest BCUT2D eigenvalue weighted by atomic mass is 9.47. The van der Waals surface area contributed by atoms with Crippen molar-refractivity contribution in [3.05, 3.63) is 11.6 Å². The number of carbonyl (C=O) groups is 1. The lowest BCUT2D eigenvalue weighted by Crippen LogP contribution is -2.51. The van der Waals surface area contributed by atoms with Crippen molar-refractivity contribution in [1.29, 1.82) is 0 Å². The zero-order chi connectivity index (χ0) is 23.8. The molecule has 4 aliphatic rings. The second kappa shape index (κ2) is 10.2. The molecule has 33 heavy (non-hydrogen) atoms. The Hall–Kier alpha value is -0.500. The number of esters is 1. The minimum Gasteiger partial charge on any atom is -0.462 e. The lowest BCUT2D eigenvalue weighted by Gasteiger charge is -2.58. The minimum atomic E-state index is -0.111. The number of halogens is 1. The second-order valence-corrected chi connectivity index (χ2v) is 13.5. The summed E-state index contributed by atoms with van der Waals surface area (Å²) in [6.45, 7) is 12.5. The maximum Gasteiger partial charge on any atom is 0.307 e. The summed E-state index contributed by atoms with van der Waals surface area (Å²) in [5.41, 5.74) is 2.42. The predicted octanol–water partition coefficient (Wildman–Crippen LogP) is 8.57. The first-order valence-corrected chi connectivity index (χ1v) is 14.7. The average Bonchev–Trinajstić information content (AvgIpc) is 3.10. The van der Waals surface area contributed by atoms with E-state index in [1.807, 2.05) is 0 Å². The molecule has 2 nitrogen and oxygen atoms in total. The molecule has 3 saturated carbocycles. The number of carbonyl (C=O) groups excluding carboxylic acids is 1. The van der Waals surface area contributed by atoms with Crippen LogP contribution in [0, 0.1) is 46.3 Å². The summed E-state index contributed by atoms with van der Waals surface area (Å²) < 4.78 is 5.88. The molecule has 0 unspecified atom stereocenters. The van der Waals surface area contributed by atoms with E-state index >= 15 is 0 Å². The Kier molecular flexibility index (Phi) is 7.94. The molecule has 0 spiro atoms. The summed E-state index contributed by atoms with van der Waals surface area (Å²) in [7, 11) is 0. The van der Waals surface area contributed by atoms with Crippen molar-refractivity contribution in [1.82, 2.24) is 0 Å². The van der Waals surface area contributed by atoms with Crippen LogP contribution in [-0.4, -0.2) is 18.0 Å². The van der Waals surface area contributed by atoms with Crippen LogP contribution in [0.15, 0.2) is 11.6 Å². The third kappa shape index (κ3) is 4.94. The van der Waals surface area contributed by atoms with Crippen molar-refractivity contribution in [2.75, 3.05) is 5.88 Å². The second-order valence-electron chi connectivity index (χ2n) is 13.1. The first kappa shape index (κ1) is 25.6. The van der Waals surface area contributed by atoms with Crippen LogP contribution in [0.25, 0.3) is 0 Å². The number of rotatable bonds is 8. The van der Waals surface area contributed by atoms with E-state index in [9.17, 15) is 4.79 Å². The molecule has 0 aromatic carbocycles. The fraction of sp³-hybridized carbons (Fsp3) is 0.900. The van der Waals surface area contributed by atoms with Gasteiger partial charge in [0.2, 0.25) is 0 Å². The van der Waals surface area contributed by atoms with Crippen molar-refractivity contribution in [3.63, 3.8) is 0 Å². The molecule has 0 aromatic heterocycles. The Morgan fingerprint density at radius 2 is 1.91 bits per heavy atom. The molecule has 0 saturated heterocycles. The van der Waals surface area contributed by atoms with E-state index < -0.39 is 0 Å². The Bertz CT molecular complexity index is 729. The summed E-state index contributed by atoms with van der Waals surface area (Å²) in [6.07, 6.45) is 17.3. The van der Waals surface area contributed by atoms with Gasteiger partial charge in [-0.3, -0.25) is 4.79 Å². The van der Waals surface area contributed by atoms with E-state index in [0.29, 0.717) is 17.7 Å². The maximum absolute atomic E-state index is 12.1. The zero-order valence-electron chi connectivity index (χ0n) is 22.0. The largest absolute Gasteiger partial charge is 0.462 e. The van der Waals surface area contributed by atoms with Crippen LogP contribution in [0.5, 0.6) is 0 Å². The van der Waals surface area contributed by atoms with E-state index in [1.54, 1.807) is 5.57 Å². The molecular formula is C30H49ClO2. The van der Waals surface area contributed by atoms with Gasteiger partial charge < -0.3 is 4.74 Å². The Morgan fingerprint density at radius 3 is 2.64 bits per heavy atom. The van der Waals surface area contributed by atoms with Crippen LogP contribution >= 0.6 is 11.6 Å². The van der Waals surface area contributed by atoms with E-state index in [4.69, 9.17) is 16.3 Å². The molecular weight excluding hydrogens is 428 g/mol. The standard InChI is InChI=1S/C30H49ClO2/c1-20(2)7-6-8-21(3)25-13-14-26-24-12-10-22-9-11-23(33-28(32)16-18-31)19-30(22,5)27(24)15-17-29(25,26)4/h10,20-21,23-27H,6-9,11-19H2,1-5H3/t21-,23-,24-,25+,26-,27-,29-,30+/m1/s1. The molecule has 3 heteroatoms. The van der Waals surface area contributed by atoms with Crippen LogP contribution in [0.3, 0.4) is 0 Å². The van der Waals surface area contributed by atoms with E-state index in [0.717, 1.165) is 54.8 Å². The molecule has 4 aliphatic carbocycles. The SMILES string of the molecule is CC(C)CCC[C@@H](C)[C@@H]1CC[C@@H]2[C@H]3CC=C4CC[C@@H](OC(=O)CCCl)C[C@]4(C)[C@@H]3CC[C@@]21C. The summed E-state index contributed by atoms with van der Waals surface area (Å²) in [4.78, 5) is 12.1. The predicted molar refractivity (Wildman–Crippen MR) is 138 cm³/mol. The maximum atomic E-state index is 12.1. The van der Waals surface area contributed by atoms with Crippen LogP contribution in [0.1, 0.15) is 112 Å². The van der Waals surface area contributed by atoms with E-state index in [2.05, 4.69) is 40.7 Å². The summed E-state index contributed by atoms with van der Waals surface area (Å²) in [5, 5.41) is 0. The highest BCUT2D eigenvalue weighted by molar-refractivity contribution is 6.18. The van der Waals surface area contributed by atoms with Crippen molar-refractivity contribution in [2.24, 2.45) is 46.3 Å². The smallest absolute Gasteiger partial charge is 0.307 e. The molecule has 0 aliphatic heterocycles. The molecule has 0 amide bonds. The molecule has 188 valence electrons. The van der Waals surface area contributed by atoms with Gasteiger partial charge in [0.25, 0.3) is 0 Å². The van der Waals surface area contributed by atoms with Gasteiger partial charge in [-0.25, -0.2) is 0 Å². The molecule has 0 radical (unpaired) electrons. The fourth-order valence-electron chi connectivity index (χ4n) is 9.17. The topological polar surface area (TPSA) is 26.3 Å². The van der Waals surface area contributed by atoms with Crippen LogP contribution < -0.4 is 0 Å². The first-order valence-electron chi connectivity index (χ1n) is 14.1. The fourth-order valence-corrected chi connectivity index (χ4v) is 9.32. The molecule has 0 heterocycles. The van der Waals surface area contributed by atoms with Gasteiger partial charge in [-0.15, -0.1) is 11.6 Å². The number of ether oxygens (including phenoxy) is 1. The third-order valence-electron chi connectivity index (χ3n) is 10.8. The molecule has 0 bridgehead atoms. The van der Waals surface area contributed by atoms with Crippen LogP contribution in [-0.2, 0) is 9.53 Å². The normalized spacial score (nSPS) is 41.1. The average molecular weight is 477 g/mol. The molecule has 0 aromatic rings. The zero-order valence-corrected chi connectivity index (χ0v) is 22.8. The van der Waals surface area contributed by atoms with Gasteiger partial charge in [0.05, 0.1) is 6.42 Å². The Balaban J connectivity index is 1.46. The highest BCUT2D eigenvalue weighted by Gasteiger charge is 2.59. The van der Waals surface area contributed by atoms with E-state index in [1.165, 1.54) is 51.4 Å². The Labute approximate surface area is 208 Å². The number of hydrogen-bond acceptors (Lipinski definition) is 2.